The van der Waals surface area contributed by atoms with Crippen molar-refractivity contribution in [3.8, 4) is 0 Å². The smallest absolute Gasteiger partial charge is 0.0148 e. The Morgan fingerprint density at radius 2 is 2.43 bits per heavy atom. The van der Waals surface area contributed by atoms with E-state index in [0.29, 0.717) is 0 Å². The van der Waals surface area contributed by atoms with Crippen molar-refractivity contribution in [2.75, 3.05) is 6.54 Å². The van der Waals surface area contributed by atoms with E-state index in [0.717, 1.165) is 12.5 Å². The average Bonchev–Trinajstić information content (AvgIpc) is 2.42. The Morgan fingerprint density at radius 3 is 2.86 bits per heavy atom. The summed E-state index contributed by atoms with van der Waals surface area (Å²) in [6, 6.07) is 0. The molecule has 0 heterocycles. The topological polar surface area (TPSA) is 29.4 Å². The Kier molecular flexibility index (Phi) is 1.68. The van der Waals surface area contributed by atoms with Crippen LogP contribution in [0.1, 0.15) is 12.8 Å². The van der Waals surface area contributed by atoms with Crippen LogP contribution in [0.25, 0.3) is 0 Å². The van der Waals surface area contributed by atoms with Crippen LogP contribution >= 0.6 is 0 Å². The fourth-order valence-corrected chi connectivity index (χ4v) is 0.747. The third-order valence-electron chi connectivity index (χ3n) is 1.09. The summed E-state index contributed by atoms with van der Waals surface area (Å²) in [4.78, 5) is 0. The lowest BCUT2D eigenvalue weighted by atomic mass is 10.4. The predicted octanol–water partition coefficient (Wildman–Crippen LogP) is 0.740. The normalized spacial score (nSPS) is 19.4. The zero-order valence-corrected chi connectivity index (χ0v) is 4.90. The zero-order chi connectivity index (χ0) is 5.11. The van der Waals surface area contributed by atoms with E-state index in [1.807, 2.05) is 0 Å². The molecule has 0 unspecified atom stereocenters. The molecule has 0 amide bonds. The zero-order valence-electron chi connectivity index (χ0n) is 4.00. The van der Waals surface area contributed by atoms with Crippen LogP contribution < -0.4 is 0 Å². The fourth-order valence-electron chi connectivity index (χ4n) is 0.449. The Labute approximate surface area is 46.2 Å². The Balaban J connectivity index is 2.09. The molecule has 0 radical (unpaired) electrons. The number of nitrogens with zero attached hydrogens (tertiary/aromatic N) is 1. The van der Waals surface area contributed by atoms with E-state index < -0.39 is 0 Å². The predicted molar refractivity (Wildman–Crippen MR) is 29.5 cm³/mol. The Morgan fingerprint density at radius 1 is 1.71 bits per heavy atom. The molecule has 2 nitrogen and oxygen atoms in total. The lowest BCUT2D eigenvalue weighted by Crippen LogP contribution is -1.76. The van der Waals surface area contributed by atoms with Crippen LogP contribution in [0, 0.1) is 5.92 Å². The summed E-state index contributed by atoms with van der Waals surface area (Å²) in [5.41, 5.74) is 0. The van der Waals surface area contributed by atoms with Gasteiger partial charge in [-0.2, -0.15) is 0 Å². The van der Waals surface area contributed by atoms with Gasteiger partial charge >= 0.3 is 0 Å². The molecule has 0 saturated heterocycles. The van der Waals surface area contributed by atoms with E-state index in [1.54, 1.807) is 0 Å². The van der Waals surface area contributed by atoms with Gasteiger partial charge in [0.2, 0.25) is 0 Å². The largest absolute Gasteiger partial charge is 0.447 e. The van der Waals surface area contributed by atoms with E-state index in [2.05, 4.69) is 4.36 Å². The van der Waals surface area contributed by atoms with Gasteiger partial charge in [0.1, 0.15) is 0 Å². The van der Waals surface area contributed by atoms with Crippen LogP contribution in [0.5, 0.6) is 0 Å². The summed E-state index contributed by atoms with van der Waals surface area (Å²) in [6.07, 6.45) is 2.58. The van der Waals surface area contributed by atoms with Crippen LogP contribution in [0.2, 0.25) is 0 Å². The van der Waals surface area contributed by atoms with Crippen LogP contribution in [0.4, 0.5) is 0 Å². The molecule has 0 aliphatic heterocycles. The highest BCUT2D eigenvalue weighted by Crippen LogP contribution is 2.28. The van der Waals surface area contributed by atoms with E-state index in [1.165, 1.54) is 12.8 Å². The lowest BCUT2D eigenvalue weighted by Gasteiger charge is -1.84. The van der Waals surface area contributed by atoms with Crippen LogP contribution in [-0.4, -0.2) is 6.54 Å². The minimum absolute atomic E-state index is 0.0447. The fraction of sp³-hybridized carbons (Fsp3) is 1.00. The molecule has 1 aliphatic carbocycles. The summed E-state index contributed by atoms with van der Waals surface area (Å²) in [5, 5.41) is 0. The summed E-state index contributed by atoms with van der Waals surface area (Å²) in [5.74, 6) is 0.779. The number of thiol groups is 1. The first-order valence-electron chi connectivity index (χ1n) is 2.42. The minimum Gasteiger partial charge on any atom is -0.447 e. The summed E-state index contributed by atoms with van der Waals surface area (Å²) in [7, 11) is 0. The first-order valence-corrected chi connectivity index (χ1v) is 3.19. The molecule has 42 valence electrons. The first kappa shape index (κ1) is 5.09. The molecular weight excluding hydrogens is 110 g/mol. The van der Waals surface area contributed by atoms with Crippen molar-refractivity contribution in [3.05, 3.63) is 0 Å². The Hall–Kier alpha value is -0.0500. The lowest BCUT2D eigenvalue weighted by molar-refractivity contribution is 0.607. The molecule has 1 saturated carbocycles. The van der Waals surface area contributed by atoms with E-state index >= 15 is 0 Å². The molecule has 3 heteroatoms. The van der Waals surface area contributed by atoms with Gasteiger partial charge in [-0.25, -0.2) is 11.5 Å². The SMILES string of the molecule is O=[SH-]=NCC1CC1. The van der Waals surface area contributed by atoms with Gasteiger partial charge in [0.15, 0.2) is 0 Å². The van der Waals surface area contributed by atoms with Crippen molar-refractivity contribution in [2.45, 2.75) is 12.8 Å². The quantitative estimate of drug-likeness (QED) is 0.388. The van der Waals surface area contributed by atoms with Gasteiger partial charge in [0.05, 0.1) is 0 Å². The van der Waals surface area contributed by atoms with Gasteiger partial charge in [-0.15, -0.1) is 0 Å². The summed E-state index contributed by atoms with van der Waals surface area (Å²) < 4.78 is 13.3. The molecule has 0 aromatic rings. The van der Waals surface area contributed by atoms with Crippen molar-refractivity contribution in [1.29, 1.82) is 0 Å². The standard InChI is InChI=1S/C4H8NOS/c6-7-5-3-4-1-2-4/h4,7H,1-3H2/q-1. The minimum atomic E-state index is -0.0447. The number of hydrogen-bond acceptors (Lipinski definition) is 3. The van der Waals surface area contributed by atoms with Crippen molar-refractivity contribution >= 4 is 11.5 Å². The molecule has 0 bridgehead atoms. The highest BCUT2D eigenvalue weighted by molar-refractivity contribution is 7.54. The molecule has 1 rings (SSSR count). The third-order valence-corrected chi connectivity index (χ3v) is 1.37. The molecule has 0 N–H and O–H groups in total. The maximum absolute atomic E-state index is 9.67. The van der Waals surface area contributed by atoms with Gasteiger partial charge in [-0.3, -0.25) is 0 Å². The summed E-state index contributed by atoms with van der Waals surface area (Å²) >= 11 is -0.0447. The van der Waals surface area contributed by atoms with E-state index in [-0.39, 0.29) is 11.5 Å². The van der Waals surface area contributed by atoms with Crippen molar-refractivity contribution in [1.82, 2.24) is 0 Å². The van der Waals surface area contributed by atoms with Crippen molar-refractivity contribution < 1.29 is 4.21 Å². The molecular formula is C4H8NOS-. The van der Waals surface area contributed by atoms with Gasteiger partial charge in [0.25, 0.3) is 0 Å². The molecule has 1 aliphatic rings. The maximum atomic E-state index is 9.67. The van der Waals surface area contributed by atoms with Crippen molar-refractivity contribution in [2.24, 2.45) is 10.3 Å². The van der Waals surface area contributed by atoms with Gasteiger partial charge < -0.3 is 8.57 Å². The molecule has 1 fully saturated rings. The second-order valence-corrected chi connectivity index (χ2v) is 2.30. The van der Waals surface area contributed by atoms with Crippen LogP contribution in [0.3, 0.4) is 0 Å². The highest BCUT2D eigenvalue weighted by atomic mass is 32.1. The van der Waals surface area contributed by atoms with Gasteiger partial charge in [-0.1, -0.05) is 0 Å². The van der Waals surface area contributed by atoms with Gasteiger partial charge in [0, 0.05) is 6.54 Å². The van der Waals surface area contributed by atoms with Crippen LogP contribution in [-0.2, 0) is 15.7 Å². The molecule has 0 aromatic carbocycles. The monoisotopic (exact) mass is 118 g/mol. The molecule has 0 spiro atoms. The number of rotatable bonds is 2. The number of hydrogen-bond donors (Lipinski definition) is 0. The van der Waals surface area contributed by atoms with Gasteiger partial charge in [-0.05, 0) is 18.8 Å². The highest BCUT2D eigenvalue weighted by Gasteiger charge is 2.18. The van der Waals surface area contributed by atoms with Crippen molar-refractivity contribution in [3.63, 3.8) is 0 Å². The second-order valence-electron chi connectivity index (χ2n) is 1.85. The average molecular weight is 118 g/mol. The second kappa shape index (κ2) is 2.31. The van der Waals surface area contributed by atoms with E-state index in [4.69, 9.17) is 0 Å². The third kappa shape index (κ3) is 1.92. The maximum Gasteiger partial charge on any atom is 0.0148 e. The van der Waals surface area contributed by atoms with Crippen LogP contribution in [0.15, 0.2) is 4.36 Å². The Bertz CT molecular complexity index is 104. The molecule has 0 atom stereocenters. The molecule has 7 heavy (non-hydrogen) atoms. The summed E-state index contributed by atoms with van der Waals surface area (Å²) in [6.45, 7) is 0.811. The molecule has 0 aromatic heterocycles. The first-order chi connectivity index (χ1) is 3.43. The van der Waals surface area contributed by atoms with E-state index in [9.17, 15) is 4.21 Å².